The van der Waals surface area contributed by atoms with Gasteiger partial charge in [-0.3, -0.25) is 4.98 Å². The Kier molecular flexibility index (Phi) is 3.28. The van der Waals surface area contributed by atoms with Crippen molar-refractivity contribution in [2.24, 2.45) is 0 Å². The molecule has 0 aliphatic heterocycles. The van der Waals surface area contributed by atoms with Crippen LogP contribution in [0.5, 0.6) is 5.75 Å². The van der Waals surface area contributed by atoms with Gasteiger partial charge in [-0.15, -0.1) is 0 Å². The number of anilines is 1. The normalized spacial score (nSPS) is 12.1. The number of aromatic nitrogens is 1. The van der Waals surface area contributed by atoms with Crippen LogP contribution in [0.15, 0.2) is 42.6 Å². The number of rotatable bonds is 3. The quantitative estimate of drug-likeness (QED) is 0.847. The Morgan fingerprint density at radius 1 is 1.18 bits per heavy atom. The molecule has 1 unspecified atom stereocenters. The molecule has 1 heterocycles. The van der Waals surface area contributed by atoms with E-state index in [-0.39, 0.29) is 6.04 Å². The topological polar surface area (TPSA) is 45.1 Å². The van der Waals surface area contributed by atoms with Crippen molar-refractivity contribution in [1.82, 2.24) is 4.98 Å². The minimum Gasteiger partial charge on any atom is -0.508 e. The second kappa shape index (κ2) is 4.87. The van der Waals surface area contributed by atoms with E-state index in [1.807, 2.05) is 44.2 Å². The first-order valence-electron chi connectivity index (χ1n) is 5.64. The first-order valence-corrected chi connectivity index (χ1v) is 5.64. The molecule has 1 aromatic carbocycles. The number of aromatic hydroxyl groups is 1. The van der Waals surface area contributed by atoms with E-state index in [1.165, 1.54) is 0 Å². The molecule has 0 radical (unpaired) electrons. The molecule has 0 bridgehead atoms. The third-order valence-electron chi connectivity index (χ3n) is 2.70. The molecule has 88 valence electrons. The zero-order chi connectivity index (χ0) is 12.3. The van der Waals surface area contributed by atoms with Crippen LogP contribution in [-0.2, 0) is 0 Å². The minimum absolute atomic E-state index is 0.0423. The summed E-state index contributed by atoms with van der Waals surface area (Å²) in [4.78, 5) is 4.22. The summed E-state index contributed by atoms with van der Waals surface area (Å²) in [5.74, 6) is 0.313. The molecule has 1 atom stereocenters. The summed E-state index contributed by atoms with van der Waals surface area (Å²) in [5.41, 5.74) is 2.82. The number of nitrogens with one attached hydrogen (secondary N) is 1. The van der Waals surface area contributed by atoms with Gasteiger partial charge in [0.2, 0.25) is 0 Å². The minimum atomic E-state index is 0.0423. The zero-order valence-electron chi connectivity index (χ0n) is 10.0. The molecule has 3 heteroatoms. The second-order valence-corrected chi connectivity index (χ2v) is 4.11. The summed E-state index contributed by atoms with van der Waals surface area (Å²) in [7, 11) is 0. The van der Waals surface area contributed by atoms with E-state index in [0.717, 1.165) is 16.9 Å². The van der Waals surface area contributed by atoms with Crippen molar-refractivity contribution < 1.29 is 5.11 Å². The summed E-state index contributed by atoms with van der Waals surface area (Å²) in [5, 5.41) is 13.1. The van der Waals surface area contributed by atoms with Crippen molar-refractivity contribution in [2.75, 3.05) is 5.32 Å². The van der Waals surface area contributed by atoms with Crippen molar-refractivity contribution >= 4 is 5.69 Å². The van der Waals surface area contributed by atoms with Gasteiger partial charge in [0.15, 0.2) is 0 Å². The van der Waals surface area contributed by atoms with Gasteiger partial charge in [-0.2, -0.15) is 0 Å². The molecular weight excluding hydrogens is 212 g/mol. The maximum atomic E-state index is 9.75. The van der Waals surface area contributed by atoms with Crippen molar-refractivity contribution in [2.45, 2.75) is 19.9 Å². The third kappa shape index (κ3) is 2.75. The highest BCUT2D eigenvalue weighted by atomic mass is 16.3. The molecule has 0 aliphatic rings. The largest absolute Gasteiger partial charge is 0.508 e. The average molecular weight is 228 g/mol. The number of phenolic OH excluding ortho intramolecular Hbond substituents is 1. The van der Waals surface area contributed by atoms with E-state index in [2.05, 4.69) is 10.3 Å². The highest BCUT2D eigenvalue weighted by molar-refractivity contribution is 5.46. The Bertz CT molecular complexity index is 494. The van der Waals surface area contributed by atoms with Crippen LogP contribution >= 0.6 is 0 Å². The Morgan fingerprint density at radius 2 is 1.94 bits per heavy atom. The molecule has 3 nitrogen and oxygen atoms in total. The maximum Gasteiger partial charge on any atom is 0.120 e. The van der Waals surface area contributed by atoms with Crippen LogP contribution < -0.4 is 5.32 Å². The first-order chi connectivity index (χ1) is 8.16. The average Bonchev–Trinajstić information content (AvgIpc) is 2.32. The van der Waals surface area contributed by atoms with Crippen molar-refractivity contribution in [3.8, 4) is 5.75 Å². The monoisotopic (exact) mass is 228 g/mol. The van der Waals surface area contributed by atoms with E-state index in [4.69, 9.17) is 0 Å². The molecule has 1 aromatic heterocycles. The number of nitrogens with zero attached hydrogens (tertiary/aromatic N) is 1. The number of para-hydroxylation sites is 1. The highest BCUT2D eigenvalue weighted by Crippen LogP contribution is 2.26. The zero-order valence-corrected chi connectivity index (χ0v) is 10.0. The van der Waals surface area contributed by atoms with E-state index in [0.29, 0.717) is 5.75 Å². The number of phenols is 1. The molecular formula is C14H16N2O. The molecule has 0 amide bonds. The summed E-state index contributed by atoms with van der Waals surface area (Å²) < 4.78 is 0. The van der Waals surface area contributed by atoms with E-state index in [9.17, 15) is 5.11 Å². The highest BCUT2D eigenvalue weighted by Gasteiger charge is 2.09. The number of hydrogen-bond donors (Lipinski definition) is 2. The molecule has 0 saturated heterocycles. The van der Waals surface area contributed by atoms with Crippen LogP contribution in [0, 0.1) is 6.92 Å². The molecule has 0 saturated carbocycles. The van der Waals surface area contributed by atoms with Gasteiger partial charge in [-0.25, -0.2) is 0 Å². The Labute approximate surface area is 101 Å². The van der Waals surface area contributed by atoms with Crippen molar-refractivity contribution in [1.29, 1.82) is 0 Å². The lowest BCUT2D eigenvalue weighted by molar-refractivity contribution is 0.465. The number of aryl methyl sites for hydroxylation is 1. The van der Waals surface area contributed by atoms with Crippen LogP contribution in [0.4, 0.5) is 5.69 Å². The molecule has 2 N–H and O–H groups in total. The van der Waals surface area contributed by atoms with Gasteiger partial charge in [0.25, 0.3) is 0 Å². The van der Waals surface area contributed by atoms with Gasteiger partial charge in [-0.1, -0.05) is 18.2 Å². The molecule has 0 fully saturated rings. The van der Waals surface area contributed by atoms with Crippen LogP contribution in [0.25, 0.3) is 0 Å². The molecule has 2 rings (SSSR count). The SMILES string of the molecule is Cc1ccc(NC(C)c2ccccc2O)cn1. The number of benzene rings is 1. The smallest absolute Gasteiger partial charge is 0.120 e. The Balaban J connectivity index is 2.14. The lowest BCUT2D eigenvalue weighted by Gasteiger charge is -2.16. The van der Waals surface area contributed by atoms with Gasteiger partial charge < -0.3 is 10.4 Å². The van der Waals surface area contributed by atoms with Crippen LogP contribution in [-0.4, -0.2) is 10.1 Å². The van der Waals surface area contributed by atoms with Gasteiger partial charge in [0.05, 0.1) is 17.9 Å². The molecule has 0 aliphatic carbocycles. The second-order valence-electron chi connectivity index (χ2n) is 4.11. The Morgan fingerprint density at radius 3 is 2.59 bits per heavy atom. The lowest BCUT2D eigenvalue weighted by Crippen LogP contribution is -2.07. The molecule has 0 spiro atoms. The number of pyridine rings is 1. The fourth-order valence-electron chi connectivity index (χ4n) is 1.73. The van der Waals surface area contributed by atoms with Crippen molar-refractivity contribution in [3.63, 3.8) is 0 Å². The van der Waals surface area contributed by atoms with Gasteiger partial charge >= 0.3 is 0 Å². The maximum absolute atomic E-state index is 9.75. The van der Waals surface area contributed by atoms with Crippen LogP contribution in [0.3, 0.4) is 0 Å². The van der Waals surface area contributed by atoms with Gasteiger partial charge in [0, 0.05) is 11.3 Å². The number of hydrogen-bond acceptors (Lipinski definition) is 3. The molecule has 17 heavy (non-hydrogen) atoms. The summed E-state index contributed by atoms with van der Waals surface area (Å²) >= 11 is 0. The summed E-state index contributed by atoms with van der Waals surface area (Å²) in [6.07, 6.45) is 1.80. The van der Waals surface area contributed by atoms with Crippen LogP contribution in [0.2, 0.25) is 0 Å². The predicted molar refractivity (Wildman–Crippen MR) is 69.1 cm³/mol. The van der Waals surface area contributed by atoms with Crippen molar-refractivity contribution in [3.05, 3.63) is 53.9 Å². The lowest BCUT2D eigenvalue weighted by atomic mass is 10.1. The third-order valence-corrected chi connectivity index (χ3v) is 2.70. The fraction of sp³-hybridized carbons (Fsp3) is 0.214. The van der Waals surface area contributed by atoms with Gasteiger partial charge in [0.1, 0.15) is 5.75 Å². The summed E-state index contributed by atoms with van der Waals surface area (Å²) in [6.45, 7) is 3.96. The van der Waals surface area contributed by atoms with E-state index >= 15 is 0 Å². The standard InChI is InChI=1S/C14H16N2O/c1-10-7-8-12(9-15-10)16-11(2)13-5-3-4-6-14(13)17/h3-9,11,16-17H,1-2H3. The molecule has 2 aromatic rings. The van der Waals surface area contributed by atoms with Gasteiger partial charge in [-0.05, 0) is 32.0 Å². The predicted octanol–water partition coefficient (Wildman–Crippen LogP) is 3.27. The Hall–Kier alpha value is -2.03. The van der Waals surface area contributed by atoms with Crippen LogP contribution in [0.1, 0.15) is 24.2 Å². The fourth-order valence-corrected chi connectivity index (χ4v) is 1.73. The summed E-state index contributed by atoms with van der Waals surface area (Å²) in [6, 6.07) is 11.3. The van der Waals surface area contributed by atoms with E-state index in [1.54, 1.807) is 12.3 Å². The first kappa shape index (κ1) is 11.5. The van der Waals surface area contributed by atoms with E-state index < -0.39 is 0 Å².